The van der Waals surface area contributed by atoms with Gasteiger partial charge in [-0.15, -0.1) is 0 Å². The SMILES string of the molecule is CC/C=C\C/C=C\C/C=C\CCCCCCCCCC(=O)OC(COC(=O)CCCCCCC/C=C\CCCCCCCC)COC(=O)CCCCCCCCCCC/C=C\CCCCCCCCCC. The Kier molecular flexibility index (Phi) is 57.2. The van der Waals surface area contributed by atoms with E-state index >= 15 is 0 Å². The van der Waals surface area contributed by atoms with E-state index in [2.05, 4.69) is 81.5 Å². The summed E-state index contributed by atoms with van der Waals surface area (Å²) >= 11 is 0. The lowest BCUT2D eigenvalue weighted by Gasteiger charge is -2.18. The molecule has 0 aromatic rings. The molecule has 0 aliphatic heterocycles. The highest BCUT2D eigenvalue weighted by Gasteiger charge is 2.19. The minimum atomic E-state index is -0.784. The first-order valence-corrected chi connectivity index (χ1v) is 30.8. The largest absolute Gasteiger partial charge is 0.462 e. The van der Waals surface area contributed by atoms with E-state index < -0.39 is 6.10 Å². The number of carbonyl (C=O) groups is 3. The highest BCUT2D eigenvalue weighted by atomic mass is 16.6. The third-order valence-corrected chi connectivity index (χ3v) is 13.5. The summed E-state index contributed by atoms with van der Waals surface area (Å²) in [6, 6.07) is 0. The second kappa shape index (κ2) is 59.7. The van der Waals surface area contributed by atoms with Crippen LogP contribution in [0.5, 0.6) is 0 Å². The summed E-state index contributed by atoms with van der Waals surface area (Å²) in [5.74, 6) is -0.887. The van der Waals surface area contributed by atoms with Crippen molar-refractivity contribution in [3.05, 3.63) is 60.8 Å². The van der Waals surface area contributed by atoms with Gasteiger partial charge < -0.3 is 14.2 Å². The fourth-order valence-corrected chi connectivity index (χ4v) is 8.86. The Balaban J connectivity index is 4.36. The molecule has 71 heavy (non-hydrogen) atoms. The number of allylic oxidation sites excluding steroid dienone is 10. The van der Waals surface area contributed by atoms with Crippen LogP contribution in [-0.4, -0.2) is 37.2 Å². The summed E-state index contributed by atoms with van der Waals surface area (Å²) in [5, 5.41) is 0. The molecule has 1 unspecified atom stereocenters. The zero-order chi connectivity index (χ0) is 51.4. The zero-order valence-corrected chi connectivity index (χ0v) is 47.2. The van der Waals surface area contributed by atoms with Crippen molar-refractivity contribution in [2.75, 3.05) is 13.2 Å². The molecular weight excluding hydrogens is 877 g/mol. The van der Waals surface area contributed by atoms with E-state index in [1.54, 1.807) is 0 Å². The number of rotatable bonds is 56. The third-order valence-electron chi connectivity index (χ3n) is 13.5. The van der Waals surface area contributed by atoms with Gasteiger partial charge in [-0.05, 0) is 103 Å². The lowest BCUT2D eigenvalue weighted by Crippen LogP contribution is -2.30. The summed E-state index contributed by atoms with van der Waals surface area (Å²) in [6.07, 6.45) is 75.0. The van der Waals surface area contributed by atoms with E-state index in [-0.39, 0.29) is 31.1 Å². The highest BCUT2D eigenvalue weighted by molar-refractivity contribution is 5.71. The van der Waals surface area contributed by atoms with Crippen LogP contribution in [0.4, 0.5) is 0 Å². The Bertz CT molecular complexity index is 1280. The summed E-state index contributed by atoms with van der Waals surface area (Å²) < 4.78 is 16.9. The molecule has 0 saturated carbocycles. The van der Waals surface area contributed by atoms with Gasteiger partial charge in [-0.25, -0.2) is 0 Å². The summed E-state index contributed by atoms with van der Waals surface area (Å²) in [4.78, 5) is 38.3. The smallest absolute Gasteiger partial charge is 0.306 e. The summed E-state index contributed by atoms with van der Waals surface area (Å²) in [6.45, 7) is 6.54. The number of carbonyl (C=O) groups excluding carboxylic acids is 3. The van der Waals surface area contributed by atoms with Gasteiger partial charge in [0.25, 0.3) is 0 Å². The Hall–Kier alpha value is -2.89. The summed E-state index contributed by atoms with van der Waals surface area (Å²) in [5.41, 5.74) is 0. The number of ether oxygens (including phenoxy) is 3. The molecule has 0 aromatic carbocycles. The molecule has 6 heteroatoms. The maximum Gasteiger partial charge on any atom is 0.306 e. The molecule has 0 rings (SSSR count). The van der Waals surface area contributed by atoms with Crippen LogP contribution in [0.25, 0.3) is 0 Å². The molecule has 0 aliphatic carbocycles. The Morgan fingerprint density at radius 3 is 0.873 bits per heavy atom. The van der Waals surface area contributed by atoms with Gasteiger partial charge in [-0.3, -0.25) is 14.4 Å². The normalized spacial score (nSPS) is 12.4. The van der Waals surface area contributed by atoms with Crippen molar-refractivity contribution in [3.8, 4) is 0 Å². The van der Waals surface area contributed by atoms with Crippen LogP contribution in [-0.2, 0) is 28.6 Å². The van der Waals surface area contributed by atoms with Gasteiger partial charge in [0.1, 0.15) is 13.2 Å². The molecule has 412 valence electrons. The minimum absolute atomic E-state index is 0.0805. The van der Waals surface area contributed by atoms with Crippen molar-refractivity contribution in [3.63, 3.8) is 0 Å². The second-order valence-electron chi connectivity index (χ2n) is 20.6. The molecular formula is C65H116O6. The molecule has 0 bridgehead atoms. The van der Waals surface area contributed by atoms with Gasteiger partial charge in [0.05, 0.1) is 0 Å². The lowest BCUT2D eigenvalue weighted by atomic mass is 10.1. The van der Waals surface area contributed by atoms with Crippen LogP contribution in [0.2, 0.25) is 0 Å². The maximum atomic E-state index is 12.9. The number of unbranched alkanes of at least 4 members (excludes halogenated alkanes) is 35. The van der Waals surface area contributed by atoms with Crippen LogP contribution < -0.4 is 0 Å². The fraction of sp³-hybridized carbons (Fsp3) is 0.800. The maximum absolute atomic E-state index is 12.9. The van der Waals surface area contributed by atoms with Crippen molar-refractivity contribution in [1.82, 2.24) is 0 Å². The first-order chi connectivity index (χ1) is 35.0. The number of hydrogen-bond donors (Lipinski definition) is 0. The standard InChI is InChI=1S/C65H116O6/c1-4-7-10-13-16-19-22-25-28-30-31-32-33-35-37-40-43-46-49-52-55-58-64(67)70-61-62(60-69-63(66)57-54-51-48-45-42-39-36-27-24-21-18-15-12-9-6-3)71-65(68)59-56-53-50-47-44-41-38-34-29-26-23-20-17-14-11-8-5-2/h8,11,17,20,26-27,29-31,36,62H,4-7,9-10,12-16,18-19,21-25,28,32-35,37-61H2,1-3H3/b11-8-,20-17-,29-26-,31-30-,36-27-. The fourth-order valence-electron chi connectivity index (χ4n) is 8.86. The minimum Gasteiger partial charge on any atom is -0.462 e. The van der Waals surface area contributed by atoms with E-state index in [4.69, 9.17) is 14.2 Å². The topological polar surface area (TPSA) is 78.9 Å². The van der Waals surface area contributed by atoms with Crippen LogP contribution in [0.3, 0.4) is 0 Å². The molecule has 1 atom stereocenters. The molecule has 0 heterocycles. The van der Waals surface area contributed by atoms with Gasteiger partial charge in [0, 0.05) is 19.3 Å². The van der Waals surface area contributed by atoms with Crippen molar-refractivity contribution in [2.24, 2.45) is 0 Å². The predicted molar refractivity (Wildman–Crippen MR) is 307 cm³/mol. The van der Waals surface area contributed by atoms with Crippen molar-refractivity contribution in [1.29, 1.82) is 0 Å². The van der Waals surface area contributed by atoms with Crippen LogP contribution in [0, 0.1) is 0 Å². The average Bonchev–Trinajstić information content (AvgIpc) is 3.37. The highest BCUT2D eigenvalue weighted by Crippen LogP contribution is 2.16. The first kappa shape index (κ1) is 68.1. The van der Waals surface area contributed by atoms with Gasteiger partial charge >= 0.3 is 17.9 Å². The summed E-state index contributed by atoms with van der Waals surface area (Å²) in [7, 11) is 0. The van der Waals surface area contributed by atoms with Gasteiger partial charge in [0.2, 0.25) is 0 Å². The number of hydrogen-bond acceptors (Lipinski definition) is 6. The van der Waals surface area contributed by atoms with Crippen molar-refractivity contribution < 1.29 is 28.6 Å². The van der Waals surface area contributed by atoms with Crippen LogP contribution >= 0.6 is 0 Å². The van der Waals surface area contributed by atoms with Gasteiger partial charge in [-0.2, -0.15) is 0 Å². The third kappa shape index (κ3) is 57.9. The molecule has 0 aliphatic rings. The van der Waals surface area contributed by atoms with E-state index in [9.17, 15) is 14.4 Å². The average molecular weight is 994 g/mol. The van der Waals surface area contributed by atoms with Crippen LogP contribution in [0.1, 0.15) is 316 Å². The molecule has 0 radical (unpaired) electrons. The predicted octanol–water partition coefficient (Wildman–Crippen LogP) is 20.8. The van der Waals surface area contributed by atoms with Gasteiger partial charge in [0.15, 0.2) is 6.10 Å². The quantitative estimate of drug-likeness (QED) is 0.0261. The molecule has 0 amide bonds. The number of esters is 3. The van der Waals surface area contributed by atoms with E-state index in [0.717, 1.165) is 89.9 Å². The first-order valence-electron chi connectivity index (χ1n) is 30.8. The molecule has 6 nitrogen and oxygen atoms in total. The van der Waals surface area contributed by atoms with Crippen molar-refractivity contribution in [2.45, 2.75) is 322 Å². The zero-order valence-electron chi connectivity index (χ0n) is 47.2. The molecule has 0 aromatic heterocycles. The molecule has 0 fully saturated rings. The van der Waals surface area contributed by atoms with Crippen molar-refractivity contribution >= 4 is 17.9 Å². The Labute approximate surface area is 440 Å². The van der Waals surface area contributed by atoms with E-state index in [1.165, 1.54) is 186 Å². The monoisotopic (exact) mass is 993 g/mol. The molecule has 0 saturated heterocycles. The molecule has 0 N–H and O–H groups in total. The Morgan fingerprint density at radius 1 is 0.296 bits per heavy atom. The Morgan fingerprint density at radius 2 is 0.549 bits per heavy atom. The molecule has 0 spiro atoms. The van der Waals surface area contributed by atoms with E-state index in [1.807, 2.05) is 0 Å². The van der Waals surface area contributed by atoms with E-state index in [0.29, 0.717) is 19.3 Å². The van der Waals surface area contributed by atoms with Gasteiger partial charge in [-0.1, -0.05) is 255 Å². The second-order valence-corrected chi connectivity index (χ2v) is 20.6. The van der Waals surface area contributed by atoms with Crippen LogP contribution in [0.15, 0.2) is 60.8 Å². The lowest BCUT2D eigenvalue weighted by molar-refractivity contribution is -0.167.